The van der Waals surface area contributed by atoms with Crippen molar-refractivity contribution >= 4 is 0 Å². The number of hydrogen-bond donors (Lipinski definition) is 3. The van der Waals surface area contributed by atoms with Crippen molar-refractivity contribution in [3.05, 3.63) is 58.7 Å². The Labute approximate surface area is 111 Å². The van der Waals surface area contributed by atoms with Gasteiger partial charge in [-0.2, -0.15) is 0 Å². The Morgan fingerprint density at radius 2 is 1.42 bits per heavy atom. The average molecular weight is 253 g/mol. The lowest BCUT2D eigenvalue weighted by atomic mass is 9.66. The van der Waals surface area contributed by atoms with Gasteiger partial charge in [-0.3, -0.25) is 0 Å². The minimum absolute atomic E-state index is 0.318. The molecule has 1 spiro atoms. The second-order valence-corrected chi connectivity index (χ2v) is 5.38. The van der Waals surface area contributed by atoms with Crippen LogP contribution >= 0.6 is 0 Å². The van der Waals surface area contributed by atoms with Crippen LogP contribution in [-0.4, -0.2) is 16.8 Å². The smallest absolute Gasteiger partial charge is 0.121 e. The molecule has 0 aromatic heterocycles. The first kappa shape index (κ1) is 10.9. The van der Waals surface area contributed by atoms with Crippen LogP contribution in [0.5, 0.6) is 11.5 Å². The van der Waals surface area contributed by atoms with Crippen LogP contribution in [0.4, 0.5) is 0 Å². The molecule has 0 unspecified atom stereocenters. The van der Waals surface area contributed by atoms with E-state index in [1.54, 1.807) is 12.1 Å². The van der Waals surface area contributed by atoms with E-state index in [1.165, 1.54) is 0 Å². The van der Waals surface area contributed by atoms with Gasteiger partial charge in [0.2, 0.25) is 0 Å². The number of hydrogen-bond acceptors (Lipinski definition) is 3. The van der Waals surface area contributed by atoms with Gasteiger partial charge in [0, 0.05) is 11.1 Å². The molecule has 2 aliphatic rings. The van der Waals surface area contributed by atoms with E-state index >= 15 is 0 Å². The van der Waals surface area contributed by atoms with Crippen molar-refractivity contribution in [2.75, 3.05) is 6.54 Å². The van der Waals surface area contributed by atoms with E-state index in [9.17, 15) is 10.2 Å². The summed E-state index contributed by atoms with van der Waals surface area (Å²) in [6.45, 7) is 0.904. The molecule has 2 aromatic carbocycles. The van der Waals surface area contributed by atoms with Crippen LogP contribution in [0.1, 0.15) is 28.7 Å². The summed E-state index contributed by atoms with van der Waals surface area (Å²) in [7, 11) is 0. The van der Waals surface area contributed by atoms with E-state index in [4.69, 9.17) is 0 Å². The summed E-state index contributed by atoms with van der Waals surface area (Å²) in [4.78, 5) is 0. The Morgan fingerprint density at radius 3 is 1.84 bits per heavy atom. The molecule has 3 heteroatoms. The van der Waals surface area contributed by atoms with Crippen LogP contribution in [0.3, 0.4) is 0 Å². The number of phenols is 2. The lowest BCUT2D eigenvalue weighted by Crippen LogP contribution is -2.56. The second-order valence-electron chi connectivity index (χ2n) is 5.38. The zero-order valence-corrected chi connectivity index (χ0v) is 10.5. The monoisotopic (exact) mass is 253 g/mol. The molecule has 2 aromatic rings. The minimum atomic E-state index is -0.403. The topological polar surface area (TPSA) is 52.5 Å². The predicted molar refractivity (Wildman–Crippen MR) is 72.4 cm³/mol. The van der Waals surface area contributed by atoms with Gasteiger partial charge in [0.15, 0.2) is 0 Å². The third-order valence-corrected chi connectivity index (χ3v) is 4.42. The first-order valence-corrected chi connectivity index (χ1v) is 6.60. The molecule has 19 heavy (non-hydrogen) atoms. The first-order valence-electron chi connectivity index (χ1n) is 6.60. The molecule has 1 fully saturated rings. The molecule has 0 amide bonds. The normalized spacial score (nSPS) is 18.5. The van der Waals surface area contributed by atoms with Gasteiger partial charge in [0.05, 0.1) is 5.54 Å². The Bertz CT molecular complexity index is 621. The van der Waals surface area contributed by atoms with Gasteiger partial charge in [0.25, 0.3) is 0 Å². The third-order valence-electron chi connectivity index (χ3n) is 4.42. The van der Waals surface area contributed by atoms with Crippen molar-refractivity contribution in [3.63, 3.8) is 0 Å². The van der Waals surface area contributed by atoms with E-state index in [-0.39, 0.29) is 0 Å². The maximum Gasteiger partial charge on any atom is 0.121 e. The van der Waals surface area contributed by atoms with E-state index < -0.39 is 5.54 Å². The van der Waals surface area contributed by atoms with Crippen LogP contribution in [0.25, 0.3) is 0 Å². The SMILES string of the molecule is Oc1cccc2c1C1(CCN1)c1c(O)cccc1C2. The number of benzene rings is 2. The molecule has 1 heterocycles. The molecule has 0 atom stereocenters. The van der Waals surface area contributed by atoms with E-state index in [2.05, 4.69) is 17.4 Å². The molecule has 3 N–H and O–H groups in total. The molecule has 0 radical (unpaired) electrons. The Balaban J connectivity index is 2.06. The predicted octanol–water partition coefficient (Wildman–Crippen LogP) is 2.24. The van der Waals surface area contributed by atoms with Gasteiger partial charge in [-0.1, -0.05) is 24.3 Å². The summed E-state index contributed by atoms with van der Waals surface area (Å²) >= 11 is 0. The number of rotatable bonds is 0. The van der Waals surface area contributed by atoms with Crippen LogP contribution in [0, 0.1) is 0 Å². The van der Waals surface area contributed by atoms with Crippen molar-refractivity contribution in [2.45, 2.75) is 18.4 Å². The summed E-state index contributed by atoms with van der Waals surface area (Å²) in [6.07, 6.45) is 1.67. The summed E-state index contributed by atoms with van der Waals surface area (Å²) in [5, 5.41) is 23.9. The van der Waals surface area contributed by atoms with Crippen LogP contribution in [-0.2, 0) is 12.0 Å². The van der Waals surface area contributed by atoms with Gasteiger partial charge in [-0.15, -0.1) is 0 Å². The Morgan fingerprint density at radius 1 is 0.895 bits per heavy atom. The highest BCUT2D eigenvalue weighted by atomic mass is 16.3. The van der Waals surface area contributed by atoms with Gasteiger partial charge >= 0.3 is 0 Å². The zero-order chi connectivity index (χ0) is 13.0. The highest BCUT2D eigenvalue weighted by Gasteiger charge is 2.48. The van der Waals surface area contributed by atoms with E-state index in [0.717, 1.165) is 41.6 Å². The quantitative estimate of drug-likeness (QED) is 0.675. The molecule has 0 bridgehead atoms. The summed E-state index contributed by atoms with van der Waals surface area (Å²) in [6, 6.07) is 11.3. The number of phenolic OH excluding ortho intramolecular Hbond substituents is 2. The second kappa shape index (κ2) is 3.52. The van der Waals surface area contributed by atoms with Crippen molar-refractivity contribution in [1.82, 2.24) is 5.32 Å². The number of nitrogens with one attached hydrogen (secondary N) is 1. The maximum absolute atomic E-state index is 10.3. The molecule has 1 saturated heterocycles. The van der Waals surface area contributed by atoms with Crippen LogP contribution < -0.4 is 5.32 Å². The highest BCUT2D eigenvalue weighted by molar-refractivity contribution is 5.62. The Hall–Kier alpha value is -2.00. The average Bonchev–Trinajstić information content (AvgIpc) is 2.35. The van der Waals surface area contributed by atoms with E-state index in [1.807, 2.05) is 12.1 Å². The summed E-state index contributed by atoms with van der Waals surface area (Å²) in [5.74, 6) is 0.636. The fraction of sp³-hybridized carbons (Fsp3) is 0.250. The van der Waals surface area contributed by atoms with Crippen molar-refractivity contribution in [2.24, 2.45) is 0 Å². The highest BCUT2D eigenvalue weighted by Crippen LogP contribution is 2.51. The summed E-state index contributed by atoms with van der Waals surface area (Å²) < 4.78 is 0. The minimum Gasteiger partial charge on any atom is -0.508 e. The molecular formula is C16H15NO2. The lowest BCUT2D eigenvalue weighted by molar-refractivity contribution is 0.242. The van der Waals surface area contributed by atoms with Gasteiger partial charge in [-0.05, 0) is 42.6 Å². The Kier molecular flexibility index (Phi) is 2.01. The van der Waals surface area contributed by atoms with Crippen molar-refractivity contribution in [1.29, 1.82) is 0 Å². The van der Waals surface area contributed by atoms with Crippen LogP contribution in [0.15, 0.2) is 36.4 Å². The molecule has 3 nitrogen and oxygen atoms in total. The molecule has 1 aliphatic carbocycles. The summed E-state index contributed by atoms with van der Waals surface area (Å²) in [5.41, 5.74) is 3.76. The van der Waals surface area contributed by atoms with Gasteiger partial charge in [-0.25, -0.2) is 0 Å². The first-order chi connectivity index (χ1) is 9.22. The van der Waals surface area contributed by atoms with Gasteiger partial charge in [0.1, 0.15) is 11.5 Å². The zero-order valence-electron chi connectivity index (χ0n) is 10.5. The number of aromatic hydroxyl groups is 2. The standard InChI is InChI=1S/C16H15NO2/c18-12-5-1-3-10-9-11-4-2-6-13(19)15(11)16(14(10)12)7-8-17-16/h1-6,17-19H,7-9H2. The van der Waals surface area contributed by atoms with Crippen molar-refractivity contribution in [3.8, 4) is 11.5 Å². The molecule has 1 aliphatic heterocycles. The molecule has 96 valence electrons. The third kappa shape index (κ3) is 1.25. The lowest BCUT2D eigenvalue weighted by Gasteiger charge is -2.48. The molecule has 4 rings (SSSR count). The van der Waals surface area contributed by atoms with Crippen LogP contribution in [0.2, 0.25) is 0 Å². The number of fused-ring (bicyclic) bond motifs is 4. The molecule has 0 saturated carbocycles. The molecular weight excluding hydrogens is 238 g/mol. The maximum atomic E-state index is 10.3. The fourth-order valence-electron chi connectivity index (χ4n) is 3.59. The van der Waals surface area contributed by atoms with Crippen molar-refractivity contribution < 1.29 is 10.2 Å². The van der Waals surface area contributed by atoms with Gasteiger partial charge < -0.3 is 15.5 Å². The van der Waals surface area contributed by atoms with E-state index in [0.29, 0.717) is 11.5 Å². The fourth-order valence-corrected chi connectivity index (χ4v) is 3.59. The largest absolute Gasteiger partial charge is 0.508 e.